The number of hydrogen-bond donors (Lipinski definition) is 1. The molecule has 3 aromatic carbocycles. The molecule has 1 aliphatic rings. The summed E-state index contributed by atoms with van der Waals surface area (Å²) < 4.78 is 78.6. The predicted molar refractivity (Wildman–Crippen MR) is 130 cm³/mol. The topological polar surface area (TPSA) is 26.7 Å². The van der Waals surface area contributed by atoms with Gasteiger partial charge >= 0.3 is 12.4 Å². The molecule has 3 aromatic rings. The van der Waals surface area contributed by atoms with Crippen LogP contribution in [0.15, 0.2) is 72.8 Å². The average Bonchev–Trinajstić information content (AvgIpc) is 2.85. The fourth-order valence-electron chi connectivity index (χ4n) is 4.51. The largest absolute Gasteiger partial charge is 0.430 e. The lowest BCUT2D eigenvalue weighted by Gasteiger charge is -2.34. The summed E-state index contributed by atoms with van der Waals surface area (Å²) in [5.74, 6) is 0. The lowest BCUT2D eigenvalue weighted by molar-refractivity contribution is -0.376. The Labute approximate surface area is 211 Å². The van der Waals surface area contributed by atoms with Crippen LogP contribution in [0.4, 0.5) is 26.3 Å². The molecule has 0 bridgehead atoms. The molecular weight excluding hydrogens is 494 g/mol. The molecule has 0 unspecified atom stereocenters. The highest BCUT2D eigenvalue weighted by Crippen LogP contribution is 2.50. The Bertz CT molecular complexity index is 1150. The number of nitrogens with zero attached hydrogens (tertiary/aromatic N) is 2. The van der Waals surface area contributed by atoms with Crippen molar-refractivity contribution in [3.05, 3.63) is 95.1 Å². The van der Waals surface area contributed by atoms with E-state index in [-0.39, 0.29) is 0 Å². The fraction of sp³-hybridized carbons (Fsp3) is 0.357. The molecule has 0 atom stereocenters. The average molecular weight is 523 g/mol. The van der Waals surface area contributed by atoms with Crippen LogP contribution in [0, 0.1) is 6.92 Å². The second-order valence-electron chi connectivity index (χ2n) is 9.52. The summed E-state index contributed by atoms with van der Waals surface area (Å²) in [5.41, 5.74) is -1.49. The standard InChI is InChI=1S/C28H28F6N2O/c1-20-2-4-21(5-3-20)18-35-14-16-36(17-15-35)19-22-6-8-23(9-7-22)24-10-12-25(13-11-24)26(37,27(29,30)31)28(32,33)34/h2-13,37H,14-19H2,1H3. The van der Waals surface area contributed by atoms with Crippen molar-refractivity contribution in [1.82, 2.24) is 9.80 Å². The van der Waals surface area contributed by atoms with E-state index in [4.69, 9.17) is 0 Å². The van der Waals surface area contributed by atoms with Crippen molar-refractivity contribution in [2.75, 3.05) is 26.2 Å². The zero-order valence-electron chi connectivity index (χ0n) is 20.3. The van der Waals surface area contributed by atoms with Crippen molar-refractivity contribution in [1.29, 1.82) is 0 Å². The summed E-state index contributed by atoms with van der Waals surface area (Å²) in [6.07, 6.45) is -11.8. The Kier molecular flexibility index (Phi) is 7.69. The number of alkyl halides is 6. The molecule has 1 N–H and O–H groups in total. The van der Waals surface area contributed by atoms with Gasteiger partial charge in [0.05, 0.1) is 0 Å². The Morgan fingerprint density at radius 3 is 1.32 bits per heavy atom. The van der Waals surface area contributed by atoms with E-state index in [1.165, 1.54) is 11.1 Å². The lowest BCUT2D eigenvalue weighted by Crippen LogP contribution is -2.53. The Hall–Kier alpha value is -2.88. The fourth-order valence-corrected chi connectivity index (χ4v) is 4.51. The molecule has 4 rings (SSSR count). The molecule has 0 spiro atoms. The number of rotatable bonds is 6. The van der Waals surface area contributed by atoms with Gasteiger partial charge in [-0.05, 0) is 29.2 Å². The summed E-state index contributed by atoms with van der Waals surface area (Å²) in [6.45, 7) is 7.52. The second kappa shape index (κ2) is 10.5. The molecule has 198 valence electrons. The first-order valence-electron chi connectivity index (χ1n) is 11.9. The van der Waals surface area contributed by atoms with Gasteiger partial charge in [-0.2, -0.15) is 26.3 Å². The number of benzene rings is 3. The van der Waals surface area contributed by atoms with Gasteiger partial charge in [-0.1, -0.05) is 78.4 Å². The van der Waals surface area contributed by atoms with Crippen LogP contribution in [0.3, 0.4) is 0 Å². The third-order valence-electron chi connectivity index (χ3n) is 6.81. The predicted octanol–water partition coefficient (Wildman–Crippen LogP) is 6.29. The first-order valence-corrected chi connectivity index (χ1v) is 11.9. The Balaban J connectivity index is 1.35. The highest BCUT2D eigenvalue weighted by Gasteiger charge is 2.71. The Morgan fingerprint density at radius 1 is 0.595 bits per heavy atom. The van der Waals surface area contributed by atoms with Crippen LogP contribution in [-0.2, 0) is 18.7 Å². The van der Waals surface area contributed by atoms with E-state index in [1.807, 2.05) is 12.1 Å². The zero-order valence-corrected chi connectivity index (χ0v) is 20.3. The number of aryl methyl sites for hydroxylation is 1. The number of piperazine rings is 1. The second-order valence-corrected chi connectivity index (χ2v) is 9.52. The summed E-state index contributed by atoms with van der Waals surface area (Å²) in [5, 5.41) is 9.55. The van der Waals surface area contributed by atoms with Crippen LogP contribution in [0.1, 0.15) is 22.3 Å². The highest BCUT2D eigenvalue weighted by molar-refractivity contribution is 5.64. The van der Waals surface area contributed by atoms with Crippen molar-refractivity contribution in [2.24, 2.45) is 0 Å². The molecule has 37 heavy (non-hydrogen) atoms. The van der Waals surface area contributed by atoms with E-state index in [2.05, 4.69) is 41.0 Å². The summed E-state index contributed by atoms with van der Waals surface area (Å²) >= 11 is 0. The van der Waals surface area contributed by atoms with Crippen LogP contribution in [-0.4, -0.2) is 53.4 Å². The van der Waals surface area contributed by atoms with Gasteiger partial charge in [0.15, 0.2) is 0 Å². The first-order chi connectivity index (χ1) is 17.4. The van der Waals surface area contributed by atoms with Crippen molar-refractivity contribution < 1.29 is 31.4 Å². The molecule has 0 amide bonds. The number of halogens is 6. The lowest BCUT2D eigenvalue weighted by atomic mass is 9.90. The highest BCUT2D eigenvalue weighted by atomic mass is 19.4. The monoisotopic (exact) mass is 522 g/mol. The summed E-state index contributed by atoms with van der Waals surface area (Å²) in [6, 6.07) is 19.6. The first kappa shape index (κ1) is 27.2. The number of hydrogen-bond acceptors (Lipinski definition) is 3. The van der Waals surface area contributed by atoms with Crippen molar-refractivity contribution in [2.45, 2.75) is 38.0 Å². The van der Waals surface area contributed by atoms with E-state index in [0.717, 1.165) is 57.0 Å². The molecule has 9 heteroatoms. The quantitative estimate of drug-likeness (QED) is 0.386. The normalized spacial score (nSPS) is 16.2. The zero-order chi connectivity index (χ0) is 26.8. The van der Waals surface area contributed by atoms with Gasteiger partial charge in [-0.15, -0.1) is 0 Å². The molecule has 1 heterocycles. The van der Waals surface area contributed by atoms with Crippen LogP contribution in [0.25, 0.3) is 11.1 Å². The molecule has 0 radical (unpaired) electrons. The van der Waals surface area contributed by atoms with Gasteiger partial charge in [0.1, 0.15) is 0 Å². The van der Waals surface area contributed by atoms with Gasteiger partial charge in [0, 0.05) is 44.8 Å². The van der Waals surface area contributed by atoms with Gasteiger partial charge in [0.25, 0.3) is 5.60 Å². The van der Waals surface area contributed by atoms with Crippen molar-refractivity contribution in [3.8, 4) is 11.1 Å². The van der Waals surface area contributed by atoms with Crippen molar-refractivity contribution >= 4 is 0 Å². The van der Waals surface area contributed by atoms with Crippen LogP contribution >= 0.6 is 0 Å². The molecule has 0 aromatic heterocycles. The van der Waals surface area contributed by atoms with Crippen LogP contribution < -0.4 is 0 Å². The summed E-state index contributed by atoms with van der Waals surface area (Å²) in [7, 11) is 0. The minimum Gasteiger partial charge on any atom is -0.369 e. The summed E-state index contributed by atoms with van der Waals surface area (Å²) in [4.78, 5) is 4.77. The van der Waals surface area contributed by atoms with Crippen LogP contribution in [0.5, 0.6) is 0 Å². The van der Waals surface area contributed by atoms with E-state index in [9.17, 15) is 31.4 Å². The van der Waals surface area contributed by atoms with E-state index in [0.29, 0.717) is 23.3 Å². The maximum absolute atomic E-state index is 13.1. The molecule has 3 nitrogen and oxygen atoms in total. The van der Waals surface area contributed by atoms with E-state index >= 15 is 0 Å². The van der Waals surface area contributed by atoms with E-state index in [1.54, 1.807) is 12.1 Å². The maximum Gasteiger partial charge on any atom is 0.430 e. The third-order valence-corrected chi connectivity index (χ3v) is 6.81. The maximum atomic E-state index is 13.1. The molecule has 0 saturated carbocycles. The molecule has 0 aliphatic carbocycles. The van der Waals surface area contributed by atoms with Gasteiger partial charge in [-0.25, -0.2) is 0 Å². The van der Waals surface area contributed by atoms with Gasteiger partial charge in [-0.3, -0.25) is 9.80 Å². The number of aliphatic hydroxyl groups is 1. The molecule has 1 saturated heterocycles. The third kappa shape index (κ3) is 6.00. The van der Waals surface area contributed by atoms with Crippen molar-refractivity contribution in [3.63, 3.8) is 0 Å². The SMILES string of the molecule is Cc1ccc(CN2CCN(Cc3ccc(-c4ccc(C(O)(C(F)(F)F)C(F)(F)F)cc4)cc3)CC2)cc1. The minimum atomic E-state index is -5.90. The molecule has 1 aliphatic heterocycles. The Morgan fingerprint density at radius 2 is 0.946 bits per heavy atom. The van der Waals surface area contributed by atoms with E-state index < -0.39 is 23.5 Å². The minimum absolute atomic E-state index is 0.451. The molecule has 1 fully saturated rings. The molecular formula is C28H28F6N2O. The van der Waals surface area contributed by atoms with Crippen LogP contribution in [0.2, 0.25) is 0 Å². The smallest absolute Gasteiger partial charge is 0.369 e. The van der Waals surface area contributed by atoms with Gasteiger partial charge < -0.3 is 5.11 Å². The van der Waals surface area contributed by atoms with Gasteiger partial charge in [0.2, 0.25) is 0 Å².